The Hall–Kier alpha value is -3.97. The number of thiazole rings is 1. The van der Waals surface area contributed by atoms with E-state index in [1.807, 2.05) is 6.07 Å². The van der Waals surface area contributed by atoms with Crippen LogP contribution in [0.15, 0.2) is 30.5 Å². The molecule has 1 aromatic carbocycles. The van der Waals surface area contributed by atoms with Crippen molar-refractivity contribution in [3.05, 3.63) is 46.2 Å². The van der Waals surface area contributed by atoms with E-state index in [2.05, 4.69) is 20.2 Å². The fraction of sp³-hybridized carbons (Fsp3) is 0.414. The molecule has 0 bridgehead atoms. The van der Waals surface area contributed by atoms with Crippen LogP contribution in [0.5, 0.6) is 5.75 Å². The minimum atomic E-state index is -1.07. The molecule has 0 saturated carbocycles. The van der Waals surface area contributed by atoms with Crippen molar-refractivity contribution in [1.29, 1.82) is 0 Å². The van der Waals surface area contributed by atoms with E-state index in [4.69, 9.17) is 4.74 Å². The molecule has 2 aliphatic heterocycles. The maximum Gasteiger partial charge on any atom is 0.304 e. The smallest absolute Gasteiger partial charge is 0.304 e. The summed E-state index contributed by atoms with van der Waals surface area (Å²) in [7, 11) is 1.66. The fourth-order valence-corrected chi connectivity index (χ4v) is 6.19. The van der Waals surface area contributed by atoms with Crippen LogP contribution in [0, 0.1) is 17.0 Å². The quantitative estimate of drug-likeness (QED) is 0.342. The van der Waals surface area contributed by atoms with Crippen molar-refractivity contribution in [2.45, 2.75) is 45.1 Å². The maximum atomic E-state index is 15.3. The number of carboxylic acids is 1. The third-order valence-corrected chi connectivity index (χ3v) is 8.53. The molecule has 0 radical (unpaired) electrons. The molecule has 0 spiro atoms. The number of halogens is 2. The van der Waals surface area contributed by atoms with Gasteiger partial charge in [-0.3, -0.25) is 24.2 Å². The van der Waals surface area contributed by atoms with Gasteiger partial charge in [-0.1, -0.05) is 11.3 Å². The number of fused-ring (bicyclic) bond motifs is 1. The van der Waals surface area contributed by atoms with Gasteiger partial charge in [0.15, 0.2) is 5.75 Å². The van der Waals surface area contributed by atoms with Gasteiger partial charge in [0.05, 0.1) is 13.0 Å². The number of nitrogens with one attached hydrogen (secondary N) is 1. The predicted molar refractivity (Wildman–Crippen MR) is 150 cm³/mol. The highest BCUT2D eigenvalue weighted by molar-refractivity contribution is 7.10. The van der Waals surface area contributed by atoms with E-state index < -0.39 is 22.9 Å². The maximum absolute atomic E-state index is 15.3. The van der Waals surface area contributed by atoms with Gasteiger partial charge in [0, 0.05) is 54.5 Å². The number of carboxylic acid groups (broad SMARTS) is 1. The molecule has 5 rings (SSSR count). The molecule has 0 aliphatic carbocycles. The molecule has 2 aliphatic rings. The van der Waals surface area contributed by atoms with Crippen LogP contribution in [0.2, 0.25) is 0 Å². The lowest BCUT2D eigenvalue weighted by molar-refractivity contribution is -0.141. The Bertz CT molecular complexity index is 1490. The fourth-order valence-electron chi connectivity index (χ4n) is 5.45. The minimum absolute atomic E-state index is 0.0325. The lowest BCUT2D eigenvalue weighted by Gasteiger charge is -2.25. The number of aliphatic carboxylic acids is 1. The van der Waals surface area contributed by atoms with Crippen LogP contribution < -0.4 is 15.2 Å². The Kier molecular flexibility index (Phi) is 9.07. The Morgan fingerprint density at radius 3 is 2.76 bits per heavy atom. The van der Waals surface area contributed by atoms with Gasteiger partial charge in [-0.05, 0) is 67.0 Å². The number of aromatic nitrogens is 2. The Balaban J connectivity index is 1.37. The molecule has 10 nitrogen and oxygen atoms in total. The zero-order valence-corrected chi connectivity index (χ0v) is 23.7. The molecule has 2 N–H and O–H groups in total. The molecule has 3 aromatic rings. The number of ether oxygens (including phenoxy) is 1. The highest BCUT2D eigenvalue weighted by Gasteiger charge is 2.28. The van der Waals surface area contributed by atoms with Gasteiger partial charge in [-0.25, -0.2) is 9.97 Å². The number of pyridine rings is 1. The first-order chi connectivity index (χ1) is 20.2. The highest BCUT2D eigenvalue weighted by atomic mass is 32.1. The SMILES string of the molecule is CN1C(=O)CCc2cc(-c3ccc(OF)cc3-c3nc(CNC(=O)[C@@H](CC(=O)O)CC4CCOCC4)sc3F)cnc21. The summed E-state index contributed by atoms with van der Waals surface area (Å²) in [6.07, 6.45) is 4.07. The summed E-state index contributed by atoms with van der Waals surface area (Å²) >= 11 is 0.734. The van der Waals surface area contributed by atoms with Crippen molar-refractivity contribution >= 4 is 34.9 Å². The van der Waals surface area contributed by atoms with Crippen LogP contribution in [-0.2, 0) is 32.1 Å². The van der Waals surface area contributed by atoms with Crippen LogP contribution in [0.4, 0.5) is 14.7 Å². The van der Waals surface area contributed by atoms with E-state index >= 15 is 4.39 Å². The van der Waals surface area contributed by atoms with Gasteiger partial charge in [-0.2, -0.15) is 4.39 Å². The second-order valence-corrected chi connectivity index (χ2v) is 11.5. The standard InChI is InChI=1S/C29H30F2N4O6S/c1-35-24(36)5-2-17-11-19(14-32-28(17)35)21-4-3-20(41-31)13-22(21)26-27(30)42-23(34-26)15-33-29(39)18(12-25(37)38)10-16-6-8-40-9-7-16/h3-4,11,13-14,16,18H,2,5-10,12,15H2,1H3,(H,33,39)(H,37,38)/t18-/m1/s1. The lowest BCUT2D eigenvalue weighted by Crippen LogP contribution is -2.33. The molecule has 4 heterocycles. The van der Waals surface area contributed by atoms with Crippen LogP contribution in [0.3, 0.4) is 0 Å². The third-order valence-electron chi connectivity index (χ3n) is 7.68. The van der Waals surface area contributed by atoms with Gasteiger partial charge >= 0.3 is 5.97 Å². The van der Waals surface area contributed by atoms with Crippen molar-refractivity contribution in [2.24, 2.45) is 11.8 Å². The van der Waals surface area contributed by atoms with Crippen molar-refractivity contribution < 1.29 is 38.1 Å². The second kappa shape index (κ2) is 12.9. The minimum Gasteiger partial charge on any atom is -0.481 e. The number of anilines is 1. The van der Waals surface area contributed by atoms with Crippen molar-refractivity contribution in [1.82, 2.24) is 15.3 Å². The summed E-state index contributed by atoms with van der Waals surface area (Å²) in [6, 6.07) is 6.19. The average molecular weight is 601 g/mol. The van der Waals surface area contributed by atoms with E-state index in [0.29, 0.717) is 49.4 Å². The van der Waals surface area contributed by atoms with Crippen LogP contribution >= 0.6 is 11.3 Å². The zero-order chi connectivity index (χ0) is 29.8. The first-order valence-electron chi connectivity index (χ1n) is 13.6. The van der Waals surface area contributed by atoms with Crippen LogP contribution in [0.25, 0.3) is 22.4 Å². The number of hydrogen-bond donors (Lipinski definition) is 2. The third kappa shape index (κ3) is 6.57. The Morgan fingerprint density at radius 2 is 2.02 bits per heavy atom. The Labute approximate surface area is 244 Å². The van der Waals surface area contributed by atoms with Gasteiger partial charge in [0.2, 0.25) is 16.9 Å². The average Bonchev–Trinajstić information content (AvgIpc) is 3.37. The van der Waals surface area contributed by atoms with E-state index in [9.17, 15) is 24.0 Å². The topological polar surface area (TPSA) is 131 Å². The number of rotatable bonds is 10. The molecule has 1 atom stereocenters. The summed E-state index contributed by atoms with van der Waals surface area (Å²) in [6.45, 7) is 1.07. The molecule has 2 amide bonds. The predicted octanol–water partition coefficient (Wildman–Crippen LogP) is 4.71. The number of amides is 2. The normalized spacial score (nSPS) is 16.2. The van der Waals surface area contributed by atoms with Crippen molar-refractivity contribution in [2.75, 3.05) is 25.2 Å². The van der Waals surface area contributed by atoms with Crippen molar-refractivity contribution in [3.63, 3.8) is 0 Å². The molecule has 0 unspecified atom stereocenters. The zero-order valence-electron chi connectivity index (χ0n) is 22.9. The van der Waals surface area contributed by atoms with E-state index in [-0.39, 0.29) is 46.8 Å². The first kappa shape index (κ1) is 29.5. The molecule has 42 heavy (non-hydrogen) atoms. The van der Waals surface area contributed by atoms with Crippen LogP contribution in [-0.4, -0.2) is 53.1 Å². The van der Waals surface area contributed by atoms with E-state index in [0.717, 1.165) is 29.7 Å². The molecule has 13 heteroatoms. The summed E-state index contributed by atoms with van der Waals surface area (Å²) in [4.78, 5) is 50.7. The number of nitrogens with zero attached hydrogens (tertiary/aromatic N) is 3. The monoisotopic (exact) mass is 600 g/mol. The van der Waals surface area contributed by atoms with E-state index in [1.165, 1.54) is 17.0 Å². The lowest BCUT2D eigenvalue weighted by atomic mass is 9.86. The molecule has 2 aromatic heterocycles. The number of hydrogen-bond acceptors (Lipinski definition) is 8. The molecule has 222 valence electrons. The van der Waals surface area contributed by atoms with Gasteiger partial charge in [0.1, 0.15) is 16.5 Å². The molecular formula is C29H30F2N4O6S. The van der Waals surface area contributed by atoms with Crippen LogP contribution in [0.1, 0.15) is 42.7 Å². The number of carbonyl (C=O) groups is 3. The summed E-state index contributed by atoms with van der Waals surface area (Å²) < 4.78 is 33.8. The number of aryl methyl sites for hydroxylation is 1. The molecule has 1 fully saturated rings. The van der Waals surface area contributed by atoms with Crippen molar-refractivity contribution in [3.8, 4) is 28.1 Å². The highest BCUT2D eigenvalue weighted by Crippen LogP contribution is 2.39. The molecule has 1 saturated heterocycles. The largest absolute Gasteiger partial charge is 0.481 e. The Morgan fingerprint density at radius 1 is 1.24 bits per heavy atom. The van der Waals surface area contributed by atoms with Gasteiger partial charge in [0.25, 0.3) is 0 Å². The summed E-state index contributed by atoms with van der Waals surface area (Å²) in [5, 5.41) is 11.7. The number of carbonyl (C=O) groups excluding carboxylic acids is 2. The molecular weight excluding hydrogens is 570 g/mol. The first-order valence-corrected chi connectivity index (χ1v) is 14.5. The number of benzene rings is 1. The van der Waals surface area contributed by atoms with E-state index in [1.54, 1.807) is 19.3 Å². The summed E-state index contributed by atoms with van der Waals surface area (Å²) in [5.41, 5.74) is 2.23. The van der Waals surface area contributed by atoms with Gasteiger partial charge in [-0.15, -0.1) is 0 Å². The summed E-state index contributed by atoms with van der Waals surface area (Å²) in [5.74, 6) is -1.66. The van der Waals surface area contributed by atoms with Gasteiger partial charge < -0.3 is 15.2 Å². The second-order valence-electron chi connectivity index (χ2n) is 10.5.